The first-order valence-electron chi connectivity index (χ1n) is 8.12. The van der Waals surface area contributed by atoms with Gasteiger partial charge in [0, 0.05) is 30.0 Å². The number of anilines is 2. The van der Waals surface area contributed by atoms with Crippen LogP contribution in [-0.4, -0.2) is 43.3 Å². The van der Waals surface area contributed by atoms with Crippen LogP contribution < -0.4 is 10.2 Å². The number of aromatic carboxylic acids is 1. The van der Waals surface area contributed by atoms with Crippen molar-refractivity contribution < 1.29 is 19.4 Å². The zero-order chi connectivity index (χ0) is 17.8. The number of benzene rings is 2. The third-order valence-corrected chi connectivity index (χ3v) is 4.24. The fourth-order valence-electron chi connectivity index (χ4n) is 2.73. The van der Waals surface area contributed by atoms with E-state index in [0.29, 0.717) is 24.5 Å². The van der Waals surface area contributed by atoms with Gasteiger partial charge in [-0.3, -0.25) is 4.79 Å². The molecule has 0 saturated carbocycles. The zero-order valence-corrected chi connectivity index (χ0v) is 14.0. The van der Waals surface area contributed by atoms with Gasteiger partial charge in [-0.2, -0.15) is 0 Å². The first-order chi connectivity index (χ1) is 12.0. The monoisotopic (exact) mass is 340 g/mol. The van der Waals surface area contributed by atoms with Crippen LogP contribution in [0, 0.1) is 6.92 Å². The summed E-state index contributed by atoms with van der Waals surface area (Å²) in [5.41, 5.74) is 3.04. The Morgan fingerprint density at radius 1 is 1.04 bits per heavy atom. The molecule has 1 aliphatic rings. The summed E-state index contributed by atoms with van der Waals surface area (Å²) in [6.45, 7) is 4.92. The Bertz CT molecular complexity index is 781. The van der Waals surface area contributed by atoms with Gasteiger partial charge in [-0.1, -0.05) is 6.07 Å². The van der Waals surface area contributed by atoms with Gasteiger partial charge in [0.2, 0.25) is 0 Å². The van der Waals surface area contributed by atoms with Crippen LogP contribution in [0.25, 0.3) is 0 Å². The molecule has 1 aliphatic heterocycles. The van der Waals surface area contributed by atoms with E-state index in [1.54, 1.807) is 18.2 Å². The van der Waals surface area contributed by atoms with E-state index in [9.17, 15) is 9.59 Å². The third kappa shape index (κ3) is 3.97. The maximum absolute atomic E-state index is 12.4. The van der Waals surface area contributed by atoms with Crippen LogP contribution in [0.1, 0.15) is 26.3 Å². The average molecular weight is 340 g/mol. The summed E-state index contributed by atoms with van der Waals surface area (Å²) < 4.78 is 5.34. The van der Waals surface area contributed by atoms with E-state index >= 15 is 0 Å². The number of aryl methyl sites for hydroxylation is 1. The highest BCUT2D eigenvalue weighted by Crippen LogP contribution is 2.20. The molecule has 3 rings (SSSR count). The Morgan fingerprint density at radius 3 is 2.32 bits per heavy atom. The van der Waals surface area contributed by atoms with Crippen molar-refractivity contribution in [2.75, 3.05) is 36.5 Å². The number of amides is 1. The standard InChI is InChI=1S/C19H20N2O4/c1-13-2-3-15(19(23)24)12-17(13)20-18(22)14-4-6-16(7-5-14)21-8-10-25-11-9-21/h2-7,12H,8-11H2,1H3,(H,20,22)(H,23,24). The molecule has 0 aliphatic carbocycles. The van der Waals surface area contributed by atoms with Crippen molar-refractivity contribution in [3.05, 3.63) is 59.2 Å². The Morgan fingerprint density at radius 2 is 1.68 bits per heavy atom. The summed E-state index contributed by atoms with van der Waals surface area (Å²) in [6.07, 6.45) is 0. The summed E-state index contributed by atoms with van der Waals surface area (Å²) in [5, 5.41) is 11.9. The van der Waals surface area contributed by atoms with E-state index in [1.165, 1.54) is 12.1 Å². The summed E-state index contributed by atoms with van der Waals surface area (Å²) in [6, 6.07) is 12.1. The van der Waals surface area contributed by atoms with Gasteiger partial charge in [-0.05, 0) is 48.9 Å². The van der Waals surface area contributed by atoms with Crippen molar-refractivity contribution in [1.82, 2.24) is 0 Å². The topological polar surface area (TPSA) is 78.9 Å². The van der Waals surface area contributed by atoms with Crippen LogP contribution in [0.3, 0.4) is 0 Å². The predicted octanol–water partition coefficient (Wildman–Crippen LogP) is 2.78. The van der Waals surface area contributed by atoms with Crippen molar-refractivity contribution in [3.8, 4) is 0 Å². The highest BCUT2D eigenvalue weighted by atomic mass is 16.5. The Kier molecular flexibility index (Phi) is 5.00. The molecule has 6 heteroatoms. The van der Waals surface area contributed by atoms with Gasteiger partial charge >= 0.3 is 5.97 Å². The fourth-order valence-corrected chi connectivity index (χ4v) is 2.73. The van der Waals surface area contributed by atoms with Gasteiger partial charge in [0.1, 0.15) is 0 Å². The number of carbonyl (C=O) groups is 2. The summed E-state index contributed by atoms with van der Waals surface area (Å²) >= 11 is 0. The SMILES string of the molecule is Cc1ccc(C(=O)O)cc1NC(=O)c1ccc(N2CCOCC2)cc1. The normalized spacial score (nSPS) is 14.2. The second-order valence-electron chi connectivity index (χ2n) is 5.94. The Balaban J connectivity index is 1.73. The molecule has 1 fully saturated rings. The first kappa shape index (κ1) is 17.0. The first-order valence-corrected chi connectivity index (χ1v) is 8.12. The molecule has 2 N–H and O–H groups in total. The van der Waals surface area contributed by atoms with E-state index in [1.807, 2.05) is 19.1 Å². The van der Waals surface area contributed by atoms with E-state index in [2.05, 4.69) is 10.2 Å². The zero-order valence-electron chi connectivity index (χ0n) is 14.0. The number of carbonyl (C=O) groups excluding carboxylic acids is 1. The van der Waals surface area contributed by atoms with Crippen LogP contribution in [0.15, 0.2) is 42.5 Å². The molecule has 0 unspecified atom stereocenters. The summed E-state index contributed by atoms with van der Waals surface area (Å²) in [5.74, 6) is -1.29. The van der Waals surface area contributed by atoms with Gasteiger partial charge in [-0.25, -0.2) is 4.79 Å². The molecule has 1 heterocycles. The van der Waals surface area contributed by atoms with Crippen LogP contribution in [0.4, 0.5) is 11.4 Å². The maximum atomic E-state index is 12.4. The minimum absolute atomic E-state index is 0.142. The minimum Gasteiger partial charge on any atom is -0.478 e. The van der Waals surface area contributed by atoms with Gasteiger partial charge in [-0.15, -0.1) is 0 Å². The Labute approximate surface area is 146 Å². The number of ether oxygens (including phenoxy) is 1. The molecule has 0 spiro atoms. The van der Waals surface area contributed by atoms with E-state index < -0.39 is 5.97 Å². The largest absolute Gasteiger partial charge is 0.478 e. The summed E-state index contributed by atoms with van der Waals surface area (Å²) in [7, 11) is 0. The fraction of sp³-hybridized carbons (Fsp3) is 0.263. The number of rotatable bonds is 4. The lowest BCUT2D eigenvalue weighted by Gasteiger charge is -2.28. The van der Waals surface area contributed by atoms with Crippen LogP contribution >= 0.6 is 0 Å². The molecule has 0 aromatic heterocycles. The van der Waals surface area contributed by atoms with Crippen LogP contribution in [-0.2, 0) is 4.74 Å². The molecule has 1 amide bonds. The van der Waals surface area contributed by atoms with E-state index in [-0.39, 0.29) is 11.5 Å². The minimum atomic E-state index is -1.02. The number of hydrogen-bond acceptors (Lipinski definition) is 4. The molecule has 2 aromatic carbocycles. The van der Waals surface area contributed by atoms with Gasteiger partial charge in [0.15, 0.2) is 0 Å². The van der Waals surface area contributed by atoms with Crippen LogP contribution in [0.2, 0.25) is 0 Å². The third-order valence-electron chi connectivity index (χ3n) is 4.24. The van der Waals surface area contributed by atoms with Crippen LogP contribution in [0.5, 0.6) is 0 Å². The summed E-state index contributed by atoms with van der Waals surface area (Å²) in [4.78, 5) is 25.7. The van der Waals surface area contributed by atoms with Crippen molar-refractivity contribution >= 4 is 23.3 Å². The van der Waals surface area contributed by atoms with Crippen molar-refractivity contribution in [3.63, 3.8) is 0 Å². The lowest BCUT2D eigenvalue weighted by atomic mass is 10.1. The second-order valence-corrected chi connectivity index (χ2v) is 5.94. The van der Waals surface area contributed by atoms with Crippen molar-refractivity contribution in [2.45, 2.75) is 6.92 Å². The predicted molar refractivity (Wildman–Crippen MR) is 95.6 cm³/mol. The average Bonchev–Trinajstić information content (AvgIpc) is 2.64. The smallest absolute Gasteiger partial charge is 0.335 e. The number of carboxylic acid groups (broad SMARTS) is 1. The lowest BCUT2D eigenvalue weighted by Crippen LogP contribution is -2.36. The van der Waals surface area contributed by atoms with Gasteiger partial charge < -0.3 is 20.1 Å². The quantitative estimate of drug-likeness (QED) is 0.895. The highest BCUT2D eigenvalue weighted by molar-refractivity contribution is 6.05. The molecule has 25 heavy (non-hydrogen) atoms. The second kappa shape index (κ2) is 7.36. The number of hydrogen-bond donors (Lipinski definition) is 2. The molecule has 0 radical (unpaired) electrons. The highest BCUT2D eigenvalue weighted by Gasteiger charge is 2.13. The number of carboxylic acids is 1. The molecule has 6 nitrogen and oxygen atoms in total. The lowest BCUT2D eigenvalue weighted by molar-refractivity contribution is 0.0696. The van der Waals surface area contributed by atoms with Crippen molar-refractivity contribution in [1.29, 1.82) is 0 Å². The molecule has 1 saturated heterocycles. The molecular formula is C19H20N2O4. The van der Waals surface area contributed by atoms with E-state index in [0.717, 1.165) is 24.3 Å². The Hall–Kier alpha value is -2.86. The molecular weight excluding hydrogens is 320 g/mol. The number of morpholine rings is 1. The van der Waals surface area contributed by atoms with Crippen molar-refractivity contribution in [2.24, 2.45) is 0 Å². The molecule has 0 atom stereocenters. The molecule has 2 aromatic rings. The maximum Gasteiger partial charge on any atom is 0.335 e. The van der Waals surface area contributed by atoms with Gasteiger partial charge in [0.05, 0.1) is 18.8 Å². The number of nitrogens with zero attached hydrogens (tertiary/aromatic N) is 1. The molecule has 0 bridgehead atoms. The number of nitrogens with one attached hydrogen (secondary N) is 1. The van der Waals surface area contributed by atoms with E-state index in [4.69, 9.17) is 9.84 Å². The molecule has 130 valence electrons. The van der Waals surface area contributed by atoms with Gasteiger partial charge in [0.25, 0.3) is 5.91 Å².